The largest absolute Gasteiger partial charge is 0.478 e. The number of rotatable bonds is 1. The molecule has 4 nitrogen and oxygen atoms in total. The van der Waals surface area contributed by atoms with Crippen molar-refractivity contribution < 1.29 is 9.90 Å². The van der Waals surface area contributed by atoms with Crippen LogP contribution in [-0.2, 0) is 0 Å². The van der Waals surface area contributed by atoms with Crippen molar-refractivity contribution in [3.63, 3.8) is 0 Å². The smallest absolute Gasteiger partial charge is 0.337 e. The minimum atomic E-state index is -0.889. The van der Waals surface area contributed by atoms with Crippen LogP contribution in [0.3, 0.4) is 0 Å². The van der Waals surface area contributed by atoms with Crippen LogP contribution in [0.5, 0.6) is 0 Å². The number of hydrogen-bond donors (Lipinski definition) is 1. The molecule has 1 aliphatic carbocycles. The minimum absolute atomic E-state index is 0.323. The zero-order chi connectivity index (χ0) is 11.6. The summed E-state index contributed by atoms with van der Waals surface area (Å²) >= 11 is 0. The Bertz CT molecular complexity index is 644. The van der Waals surface area contributed by atoms with Crippen molar-refractivity contribution in [3.8, 4) is 0 Å². The Morgan fingerprint density at radius 1 is 1.41 bits per heavy atom. The van der Waals surface area contributed by atoms with E-state index >= 15 is 0 Å². The molecular formula is C13H12N2O2. The third-order valence-electron chi connectivity index (χ3n) is 4.11. The van der Waals surface area contributed by atoms with Crippen LogP contribution in [0.2, 0.25) is 0 Å². The van der Waals surface area contributed by atoms with Gasteiger partial charge in [-0.3, -0.25) is 0 Å². The van der Waals surface area contributed by atoms with Crippen LogP contribution in [0.25, 0.3) is 11.0 Å². The Kier molecular flexibility index (Phi) is 1.56. The lowest BCUT2D eigenvalue weighted by Crippen LogP contribution is -2.05. The number of nitrogens with zero attached hydrogens (tertiary/aromatic N) is 2. The Balaban J connectivity index is 2.08. The van der Waals surface area contributed by atoms with Crippen molar-refractivity contribution in [1.82, 2.24) is 9.55 Å². The summed E-state index contributed by atoms with van der Waals surface area (Å²) in [6.45, 7) is 0. The van der Waals surface area contributed by atoms with Crippen molar-refractivity contribution in [2.75, 3.05) is 0 Å². The summed E-state index contributed by atoms with van der Waals surface area (Å²) in [4.78, 5) is 15.8. The molecule has 2 heterocycles. The normalized spacial score (nSPS) is 25.4. The average Bonchev–Trinajstić information content (AvgIpc) is 2.98. The van der Waals surface area contributed by atoms with Crippen LogP contribution >= 0.6 is 0 Å². The van der Waals surface area contributed by atoms with E-state index in [-0.39, 0.29) is 0 Å². The highest BCUT2D eigenvalue weighted by Crippen LogP contribution is 2.49. The maximum absolute atomic E-state index is 11.2. The number of para-hydroxylation sites is 1. The molecule has 1 fully saturated rings. The van der Waals surface area contributed by atoms with Crippen molar-refractivity contribution >= 4 is 17.0 Å². The molecule has 1 aliphatic heterocycles. The molecule has 4 rings (SSSR count). The van der Waals surface area contributed by atoms with Crippen LogP contribution in [0.15, 0.2) is 18.2 Å². The quantitative estimate of drug-likeness (QED) is 0.816. The van der Waals surface area contributed by atoms with Gasteiger partial charge in [0, 0.05) is 12.0 Å². The van der Waals surface area contributed by atoms with Gasteiger partial charge < -0.3 is 9.67 Å². The van der Waals surface area contributed by atoms with E-state index in [0.29, 0.717) is 23.0 Å². The Morgan fingerprint density at radius 3 is 3.12 bits per heavy atom. The molecule has 2 atom stereocenters. The summed E-state index contributed by atoms with van der Waals surface area (Å²) in [6, 6.07) is 5.98. The molecular weight excluding hydrogens is 216 g/mol. The van der Waals surface area contributed by atoms with Gasteiger partial charge in [0.05, 0.1) is 11.1 Å². The Hall–Kier alpha value is -1.84. The molecule has 1 aromatic heterocycles. The fourth-order valence-electron chi connectivity index (χ4n) is 3.41. The van der Waals surface area contributed by atoms with E-state index in [2.05, 4.69) is 9.55 Å². The SMILES string of the molecule is O=C(O)c1cccc2c1nc1n2[C@H]2CC[C@@H]1C2. The third kappa shape index (κ3) is 1.03. The van der Waals surface area contributed by atoms with E-state index in [1.807, 2.05) is 12.1 Å². The maximum Gasteiger partial charge on any atom is 0.337 e. The number of aromatic nitrogens is 2. The lowest BCUT2D eigenvalue weighted by molar-refractivity contribution is 0.0699. The van der Waals surface area contributed by atoms with Crippen LogP contribution in [0.4, 0.5) is 0 Å². The second kappa shape index (κ2) is 2.88. The Morgan fingerprint density at radius 2 is 2.29 bits per heavy atom. The van der Waals surface area contributed by atoms with E-state index in [1.54, 1.807) is 6.07 Å². The summed E-state index contributed by atoms with van der Waals surface area (Å²) in [6.07, 6.45) is 3.60. The fraction of sp³-hybridized carbons (Fsp3) is 0.385. The lowest BCUT2D eigenvalue weighted by Gasteiger charge is -2.13. The molecule has 1 N–H and O–H groups in total. The number of carboxylic acid groups (broad SMARTS) is 1. The van der Waals surface area contributed by atoms with Crippen LogP contribution in [0, 0.1) is 0 Å². The summed E-state index contributed by atoms with van der Waals surface area (Å²) in [7, 11) is 0. The summed E-state index contributed by atoms with van der Waals surface area (Å²) in [5, 5.41) is 9.17. The zero-order valence-electron chi connectivity index (χ0n) is 9.26. The van der Waals surface area contributed by atoms with E-state index in [1.165, 1.54) is 19.3 Å². The summed E-state index contributed by atoms with van der Waals surface area (Å²) < 4.78 is 2.26. The standard InChI is InChI=1S/C13H12N2O2/c16-13(17)9-2-1-3-10-11(9)14-12-7-4-5-8(6-7)15(10)12/h1-3,7-8H,4-6H2,(H,16,17)/t7-,8+/m1/s1. The van der Waals surface area contributed by atoms with Gasteiger partial charge in [-0.05, 0) is 31.4 Å². The topological polar surface area (TPSA) is 55.1 Å². The van der Waals surface area contributed by atoms with Gasteiger partial charge in [-0.1, -0.05) is 6.07 Å². The number of carboxylic acids is 1. The summed E-state index contributed by atoms with van der Waals surface area (Å²) in [5.41, 5.74) is 1.97. The van der Waals surface area contributed by atoms with Gasteiger partial charge in [-0.15, -0.1) is 0 Å². The molecule has 0 amide bonds. The molecule has 1 aromatic carbocycles. The highest BCUT2D eigenvalue weighted by atomic mass is 16.4. The van der Waals surface area contributed by atoms with Crippen LogP contribution in [0.1, 0.15) is 47.4 Å². The van der Waals surface area contributed by atoms with Crippen molar-refractivity contribution in [2.24, 2.45) is 0 Å². The van der Waals surface area contributed by atoms with Crippen molar-refractivity contribution in [1.29, 1.82) is 0 Å². The monoisotopic (exact) mass is 228 g/mol. The molecule has 0 radical (unpaired) electrons. The molecule has 1 saturated carbocycles. The van der Waals surface area contributed by atoms with E-state index in [4.69, 9.17) is 0 Å². The van der Waals surface area contributed by atoms with Crippen molar-refractivity contribution in [2.45, 2.75) is 31.2 Å². The fourth-order valence-corrected chi connectivity index (χ4v) is 3.41. The second-order valence-electron chi connectivity index (χ2n) is 4.98. The van der Waals surface area contributed by atoms with Crippen molar-refractivity contribution in [3.05, 3.63) is 29.6 Å². The molecule has 2 bridgehead atoms. The van der Waals surface area contributed by atoms with Gasteiger partial charge in [-0.25, -0.2) is 9.78 Å². The van der Waals surface area contributed by atoms with Gasteiger partial charge in [0.1, 0.15) is 11.3 Å². The first-order chi connectivity index (χ1) is 8.25. The maximum atomic E-state index is 11.2. The van der Waals surface area contributed by atoms with Crippen LogP contribution < -0.4 is 0 Å². The highest BCUT2D eigenvalue weighted by Gasteiger charge is 2.39. The van der Waals surface area contributed by atoms with Gasteiger partial charge in [-0.2, -0.15) is 0 Å². The minimum Gasteiger partial charge on any atom is -0.478 e. The Labute approximate surface area is 97.9 Å². The molecule has 2 aromatic rings. The number of carbonyl (C=O) groups is 1. The van der Waals surface area contributed by atoms with Gasteiger partial charge in [0.2, 0.25) is 0 Å². The predicted molar refractivity (Wildman–Crippen MR) is 62.3 cm³/mol. The van der Waals surface area contributed by atoms with Crippen LogP contribution in [-0.4, -0.2) is 20.6 Å². The molecule has 86 valence electrons. The highest BCUT2D eigenvalue weighted by molar-refractivity contribution is 6.01. The van der Waals surface area contributed by atoms with Gasteiger partial charge >= 0.3 is 5.97 Å². The average molecular weight is 228 g/mol. The van der Waals surface area contributed by atoms with E-state index in [9.17, 15) is 9.90 Å². The first-order valence-corrected chi connectivity index (χ1v) is 6.00. The zero-order valence-corrected chi connectivity index (χ0v) is 9.26. The molecule has 0 spiro atoms. The number of imidazole rings is 1. The number of aromatic carboxylic acids is 1. The molecule has 0 saturated heterocycles. The number of hydrogen-bond acceptors (Lipinski definition) is 2. The number of fused-ring (bicyclic) bond motifs is 7. The molecule has 0 unspecified atom stereocenters. The number of benzene rings is 1. The second-order valence-corrected chi connectivity index (χ2v) is 4.98. The van der Waals surface area contributed by atoms with Gasteiger partial charge in [0.15, 0.2) is 0 Å². The first-order valence-electron chi connectivity index (χ1n) is 6.00. The molecule has 2 aliphatic rings. The third-order valence-corrected chi connectivity index (χ3v) is 4.11. The van der Waals surface area contributed by atoms with E-state index < -0.39 is 5.97 Å². The predicted octanol–water partition coefficient (Wildman–Crippen LogP) is 2.56. The van der Waals surface area contributed by atoms with Gasteiger partial charge in [0.25, 0.3) is 0 Å². The lowest BCUT2D eigenvalue weighted by atomic mass is 10.1. The first kappa shape index (κ1) is 9.22. The molecule has 4 heteroatoms. The van der Waals surface area contributed by atoms with E-state index in [0.717, 1.165) is 11.3 Å². The molecule has 17 heavy (non-hydrogen) atoms. The summed E-state index contributed by atoms with van der Waals surface area (Å²) in [5.74, 6) is 0.763.